The topological polar surface area (TPSA) is 80.2 Å². The highest BCUT2D eigenvalue weighted by molar-refractivity contribution is 7.89. The summed E-state index contributed by atoms with van der Waals surface area (Å²) in [7, 11) is -3.47. The summed E-state index contributed by atoms with van der Waals surface area (Å²) in [5, 5.41) is 1.88. The maximum absolute atomic E-state index is 12.4. The predicted octanol–water partition coefficient (Wildman–Crippen LogP) is 3.22. The average molecular weight is 410 g/mol. The number of H-pyrrole nitrogens is 1. The van der Waals surface area contributed by atoms with Gasteiger partial charge in [-0.15, -0.1) is 0 Å². The zero-order chi connectivity index (χ0) is 20.2. The third-order valence-corrected chi connectivity index (χ3v) is 6.52. The van der Waals surface area contributed by atoms with Crippen molar-refractivity contribution >= 4 is 37.6 Å². The first kappa shape index (κ1) is 18.2. The summed E-state index contributed by atoms with van der Waals surface area (Å²) in [5.74, 6) is 0. The van der Waals surface area contributed by atoms with Crippen LogP contribution in [0, 0.1) is 0 Å². The van der Waals surface area contributed by atoms with Gasteiger partial charge in [0.05, 0.1) is 30.9 Å². The van der Waals surface area contributed by atoms with E-state index in [4.69, 9.17) is 9.72 Å². The Bertz CT molecular complexity index is 1320. The van der Waals surface area contributed by atoms with Gasteiger partial charge in [-0.3, -0.25) is 0 Å². The zero-order valence-corrected chi connectivity index (χ0v) is 17.1. The number of hydrogen-bond donors (Lipinski definition) is 1. The van der Waals surface area contributed by atoms with Crippen LogP contribution in [0.25, 0.3) is 33.2 Å². The minimum atomic E-state index is -3.47. The molecule has 1 atom stereocenters. The molecule has 8 heteroatoms. The minimum absolute atomic E-state index is 0.187. The standard InChI is InChI=1S/C21H22N4O3S/c1-14-13-28-11-10-24(14)20-12-19(15-4-3-5-18-16(15)6-8-22-18)23-21-17(20)7-9-25(21)29(2,26)27/h3-9,12,14,22H,10-11,13H2,1-2H3/t14-/m1/s1. The predicted molar refractivity (Wildman–Crippen MR) is 115 cm³/mol. The molecule has 1 fully saturated rings. The molecule has 0 saturated carbocycles. The Morgan fingerprint density at radius 3 is 2.86 bits per heavy atom. The average Bonchev–Trinajstić information content (AvgIpc) is 3.34. The highest BCUT2D eigenvalue weighted by atomic mass is 32.2. The van der Waals surface area contributed by atoms with Crippen molar-refractivity contribution in [2.45, 2.75) is 13.0 Å². The van der Waals surface area contributed by atoms with E-state index in [2.05, 4.69) is 22.9 Å². The van der Waals surface area contributed by atoms with Gasteiger partial charge in [-0.25, -0.2) is 17.4 Å². The monoisotopic (exact) mass is 410 g/mol. The Balaban J connectivity index is 1.82. The molecule has 4 heterocycles. The van der Waals surface area contributed by atoms with Crippen LogP contribution in [0.2, 0.25) is 0 Å². The molecular formula is C21H22N4O3S. The molecule has 0 amide bonds. The molecule has 150 valence electrons. The van der Waals surface area contributed by atoms with Gasteiger partial charge >= 0.3 is 0 Å². The second kappa shape index (κ2) is 6.60. The molecule has 0 unspecified atom stereocenters. The van der Waals surface area contributed by atoms with Gasteiger partial charge in [0.25, 0.3) is 0 Å². The van der Waals surface area contributed by atoms with Gasteiger partial charge in [0.15, 0.2) is 5.65 Å². The highest BCUT2D eigenvalue weighted by Crippen LogP contribution is 2.36. The van der Waals surface area contributed by atoms with Crippen molar-refractivity contribution < 1.29 is 13.2 Å². The van der Waals surface area contributed by atoms with Gasteiger partial charge in [0.1, 0.15) is 0 Å². The Labute approximate surface area is 169 Å². The largest absolute Gasteiger partial charge is 0.377 e. The molecule has 1 N–H and O–H groups in total. The van der Waals surface area contributed by atoms with Crippen LogP contribution < -0.4 is 4.90 Å². The molecule has 0 radical (unpaired) electrons. The highest BCUT2D eigenvalue weighted by Gasteiger charge is 2.24. The van der Waals surface area contributed by atoms with E-state index >= 15 is 0 Å². The molecule has 1 saturated heterocycles. The SMILES string of the molecule is C[C@@H]1COCCN1c1cc(-c2cccc3[nH]ccc23)nc2c1ccn2S(C)(=O)=O. The van der Waals surface area contributed by atoms with Crippen molar-refractivity contribution in [3.05, 3.63) is 48.8 Å². The number of hydrogen-bond acceptors (Lipinski definition) is 5. The number of aromatic amines is 1. The molecule has 1 aliphatic rings. The number of fused-ring (bicyclic) bond motifs is 2. The van der Waals surface area contributed by atoms with Crippen LogP contribution in [0.1, 0.15) is 6.92 Å². The molecule has 29 heavy (non-hydrogen) atoms. The van der Waals surface area contributed by atoms with Gasteiger partial charge in [-0.05, 0) is 31.2 Å². The number of rotatable bonds is 3. The van der Waals surface area contributed by atoms with E-state index in [-0.39, 0.29) is 6.04 Å². The third kappa shape index (κ3) is 2.99. The van der Waals surface area contributed by atoms with Crippen LogP contribution in [0.4, 0.5) is 5.69 Å². The molecular weight excluding hydrogens is 388 g/mol. The second-order valence-electron chi connectivity index (χ2n) is 7.50. The second-order valence-corrected chi connectivity index (χ2v) is 9.36. The lowest BCUT2D eigenvalue weighted by atomic mass is 10.0. The Hall–Kier alpha value is -2.84. The molecule has 0 spiro atoms. The van der Waals surface area contributed by atoms with Crippen molar-refractivity contribution in [1.82, 2.24) is 13.9 Å². The van der Waals surface area contributed by atoms with Crippen LogP contribution in [0.3, 0.4) is 0 Å². The van der Waals surface area contributed by atoms with Gasteiger partial charge in [-0.1, -0.05) is 12.1 Å². The maximum Gasteiger partial charge on any atom is 0.237 e. The van der Waals surface area contributed by atoms with E-state index in [1.165, 1.54) is 10.2 Å². The van der Waals surface area contributed by atoms with Crippen molar-refractivity contribution in [3.63, 3.8) is 0 Å². The summed E-state index contributed by atoms with van der Waals surface area (Å²) < 4.78 is 31.6. The number of anilines is 1. The number of benzene rings is 1. The van der Waals surface area contributed by atoms with E-state index in [1.54, 1.807) is 6.20 Å². The maximum atomic E-state index is 12.4. The lowest BCUT2D eigenvalue weighted by molar-refractivity contribution is 0.0991. The smallest absolute Gasteiger partial charge is 0.237 e. The number of pyridine rings is 1. The van der Waals surface area contributed by atoms with Crippen molar-refractivity contribution in [2.75, 3.05) is 30.9 Å². The molecule has 1 aromatic carbocycles. The first-order chi connectivity index (χ1) is 13.9. The molecule has 4 aromatic rings. The number of nitrogens with one attached hydrogen (secondary N) is 1. The van der Waals surface area contributed by atoms with Crippen molar-refractivity contribution in [3.8, 4) is 11.3 Å². The first-order valence-corrected chi connectivity index (χ1v) is 11.4. The minimum Gasteiger partial charge on any atom is -0.377 e. The van der Waals surface area contributed by atoms with Gasteiger partial charge in [0.2, 0.25) is 10.0 Å². The third-order valence-electron chi connectivity index (χ3n) is 5.51. The van der Waals surface area contributed by atoms with E-state index in [0.29, 0.717) is 18.9 Å². The fourth-order valence-corrected chi connectivity index (χ4v) is 4.84. The van der Waals surface area contributed by atoms with Crippen LogP contribution in [0.5, 0.6) is 0 Å². The molecule has 0 bridgehead atoms. The Morgan fingerprint density at radius 1 is 1.21 bits per heavy atom. The van der Waals surface area contributed by atoms with Gasteiger partial charge in [-0.2, -0.15) is 0 Å². The summed E-state index contributed by atoms with van der Waals surface area (Å²) in [6, 6.07) is 12.1. The summed E-state index contributed by atoms with van der Waals surface area (Å²) in [6.45, 7) is 4.15. The van der Waals surface area contributed by atoms with E-state index in [0.717, 1.165) is 39.8 Å². The zero-order valence-electron chi connectivity index (χ0n) is 16.3. The quantitative estimate of drug-likeness (QED) is 0.561. The van der Waals surface area contributed by atoms with Crippen LogP contribution in [-0.2, 0) is 14.8 Å². The summed E-state index contributed by atoms with van der Waals surface area (Å²) in [4.78, 5) is 10.3. The van der Waals surface area contributed by atoms with Crippen LogP contribution in [0.15, 0.2) is 48.8 Å². The summed E-state index contributed by atoms with van der Waals surface area (Å²) >= 11 is 0. The Kier molecular flexibility index (Phi) is 4.15. The fraction of sp³-hybridized carbons (Fsp3) is 0.286. The number of nitrogens with zero attached hydrogens (tertiary/aromatic N) is 3. The number of morpholine rings is 1. The molecule has 3 aromatic heterocycles. The Morgan fingerprint density at radius 2 is 2.07 bits per heavy atom. The normalized spacial score (nSPS) is 18.0. The fourth-order valence-electron chi connectivity index (χ4n) is 4.11. The lowest BCUT2D eigenvalue weighted by Crippen LogP contribution is -2.43. The molecule has 0 aliphatic carbocycles. The van der Waals surface area contributed by atoms with Gasteiger partial charge in [0, 0.05) is 46.8 Å². The van der Waals surface area contributed by atoms with Crippen molar-refractivity contribution in [1.29, 1.82) is 0 Å². The number of ether oxygens (including phenoxy) is 1. The van der Waals surface area contributed by atoms with Crippen LogP contribution in [-0.4, -0.2) is 54.4 Å². The van der Waals surface area contributed by atoms with Gasteiger partial charge < -0.3 is 14.6 Å². The van der Waals surface area contributed by atoms with E-state index in [9.17, 15) is 8.42 Å². The van der Waals surface area contributed by atoms with Crippen LogP contribution >= 0.6 is 0 Å². The molecule has 7 nitrogen and oxygen atoms in total. The summed E-state index contributed by atoms with van der Waals surface area (Å²) in [6.07, 6.45) is 4.68. The molecule has 5 rings (SSSR count). The van der Waals surface area contributed by atoms with E-state index in [1.807, 2.05) is 36.5 Å². The van der Waals surface area contributed by atoms with Crippen molar-refractivity contribution in [2.24, 2.45) is 0 Å². The number of aromatic nitrogens is 3. The lowest BCUT2D eigenvalue weighted by Gasteiger charge is -2.35. The van der Waals surface area contributed by atoms with E-state index < -0.39 is 10.0 Å². The first-order valence-electron chi connectivity index (χ1n) is 9.57. The summed E-state index contributed by atoms with van der Waals surface area (Å²) in [5.41, 5.74) is 4.17. The molecule has 1 aliphatic heterocycles.